The fourth-order valence-corrected chi connectivity index (χ4v) is 5.50. The largest absolute Gasteiger partial charge is 0.449 e. The molecule has 0 saturated carbocycles. The van der Waals surface area contributed by atoms with E-state index < -0.39 is 48.6 Å². The highest BCUT2D eigenvalue weighted by molar-refractivity contribution is 5.69. The molecule has 0 aromatic carbocycles. The van der Waals surface area contributed by atoms with Crippen molar-refractivity contribution in [2.24, 2.45) is 17.8 Å². The van der Waals surface area contributed by atoms with Gasteiger partial charge in [0.05, 0.1) is 18.8 Å². The molecule has 0 aromatic rings. The van der Waals surface area contributed by atoms with Crippen molar-refractivity contribution in [1.82, 2.24) is 14.7 Å². The van der Waals surface area contributed by atoms with Crippen LogP contribution >= 0.6 is 0 Å². The fourth-order valence-electron chi connectivity index (χ4n) is 5.50. The van der Waals surface area contributed by atoms with Gasteiger partial charge in [0.2, 0.25) is 0 Å². The van der Waals surface area contributed by atoms with Crippen molar-refractivity contribution in [3.05, 3.63) is 36.0 Å². The summed E-state index contributed by atoms with van der Waals surface area (Å²) in [4.78, 5) is 53.4. The Kier molecular flexibility index (Phi) is 16.6. The van der Waals surface area contributed by atoms with Gasteiger partial charge in [0, 0.05) is 51.0 Å². The van der Waals surface area contributed by atoms with Crippen molar-refractivity contribution in [1.29, 1.82) is 0 Å². The van der Waals surface area contributed by atoms with E-state index in [0.717, 1.165) is 18.3 Å². The predicted molar refractivity (Wildman–Crippen MR) is 173 cm³/mol. The molecule has 46 heavy (non-hydrogen) atoms. The second kappa shape index (κ2) is 19.5. The third kappa shape index (κ3) is 12.6. The molecule has 11 nitrogen and oxygen atoms in total. The summed E-state index contributed by atoms with van der Waals surface area (Å²) in [7, 11) is 1.97. The topological polar surface area (TPSA) is 137 Å². The number of aliphatic hydroxyl groups is 2. The lowest BCUT2D eigenvalue weighted by molar-refractivity contribution is -0.111. The Morgan fingerprint density at radius 1 is 1.07 bits per heavy atom. The maximum atomic E-state index is 13.1. The molecule has 2 saturated heterocycles. The third-order valence-corrected chi connectivity index (χ3v) is 8.84. The summed E-state index contributed by atoms with van der Waals surface area (Å²) in [5.41, 5.74) is -0.765. The van der Waals surface area contributed by atoms with Crippen molar-refractivity contribution >= 4 is 24.8 Å². The average Bonchev–Trinajstić information content (AvgIpc) is 3.51. The number of amides is 2. The number of carbonyl (C=O) groups excluding carboxylic acids is 4. The number of aliphatic hydroxyl groups excluding tert-OH is 1. The normalized spacial score (nSPS) is 22.7. The zero-order valence-corrected chi connectivity index (χ0v) is 28.1. The Morgan fingerprint density at radius 2 is 1.76 bits per heavy atom. The molecule has 0 radical (unpaired) electrons. The van der Waals surface area contributed by atoms with E-state index in [1.54, 1.807) is 23.1 Å². The first-order valence-corrected chi connectivity index (χ1v) is 16.3. The Bertz CT molecular complexity index is 1070. The first-order chi connectivity index (χ1) is 21.8. The fraction of sp³-hybridized carbons (Fsp3) is 0.706. The number of aldehydes is 2. The number of likely N-dealkylation sites (tertiary alicyclic amines) is 1. The Labute approximate surface area is 273 Å². The van der Waals surface area contributed by atoms with Gasteiger partial charge in [-0.1, -0.05) is 43.7 Å². The van der Waals surface area contributed by atoms with Crippen LogP contribution < -0.4 is 0 Å². The number of hydrogen-bond acceptors (Lipinski definition) is 9. The zero-order chi connectivity index (χ0) is 34.3. The van der Waals surface area contributed by atoms with Crippen molar-refractivity contribution < 1.29 is 43.3 Å². The lowest BCUT2D eigenvalue weighted by atomic mass is 9.86. The molecule has 2 fully saturated rings. The SMILES string of the molecule is C/C(=C\C=C\[C@@H](C)COC(=O)N1CCC[C@@H]1CF)[C@@H](C=O)[C@@H](C)/C=C/[C@H](OC(=O)N1CCN(C)CC1)[C@@](C)(O)CC[C@H](O)CC=O. The van der Waals surface area contributed by atoms with E-state index in [2.05, 4.69) is 4.90 Å². The number of carbonyl (C=O) groups is 4. The van der Waals surface area contributed by atoms with Crippen LogP contribution in [-0.4, -0.2) is 127 Å². The molecule has 260 valence electrons. The Hall–Kier alpha value is -3.09. The number of piperazine rings is 1. The minimum absolute atomic E-state index is 0.0564. The van der Waals surface area contributed by atoms with Gasteiger partial charge >= 0.3 is 12.2 Å². The number of hydrogen-bond donors (Lipinski definition) is 2. The summed E-state index contributed by atoms with van der Waals surface area (Å²) in [6.45, 7) is 9.55. The summed E-state index contributed by atoms with van der Waals surface area (Å²) in [5, 5.41) is 21.4. The quantitative estimate of drug-likeness (QED) is 0.136. The minimum atomic E-state index is -1.55. The molecule has 2 heterocycles. The molecule has 2 N–H and O–H groups in total. The lowest BCUT2D eigenvalue weighted by Crippen LogP contribution is -2.50. The second-order valence-electron chi connectivity index (χ2n) is 12.9. The monoisotopic (exact) mass is 651 g/mol. The van der Waals surface area contributed by atoms with Gasteiger partial charge in [0.1, 0.15) is 24.8 Å². The molecule has 7 atom stereocenters. The molecule has 0 aromatic heterocycles. The number of allylic oxidation sites excluding steroid dienone is 4. The van der Waals surface area contributed by atoms with Crippen LogP contribution in [0.25, 0.3) is 0 Å². The van der Waals surface area contributed by atoms with Gasteiger partial charge < -0.3 is 44.0 Å². The third-order valence-electron chi connectivity index (χ3n) is 8.84. The van der Waals surface area contributed by atoms with Gasteiger partial charge in [-0.3, -0.25) is 0 Å². The highest BCUT2D eigenvalue weighted by Gasteiger charge is 2.36. The van der Waals surface area contributed by atoms with Crippen LogP contribution in [0.4, 0.5) is 14.0 Å². The van der Waals surface area contributed by atoms with Crippen LogP contribution in [0.15, 0.2) is 36.0 Å². The molecule has 12 heteroatoms. The predicted octanol–water partition coefficient (Wildman–Crippen LogP) is 3.94. The highest BCUT2D eigenvalue weighted by atomic mass is 19.1. The summed E-state index contributed by atoms with van der Waals surface area (Å²) < 4.78 is 24.3. The number of likely N-dealkylation sites (N-methyl/N-ethyl adjacent to an activating group) is 1. The first kappa shape index (κ1) is 39.1. The standard InChI is InChI=1S/C34H54FN3O8/c1-25(24-45-33(43)38-16-7-10-28(38)22-35)8-6-9-26(2)30(23-40)27(3)11-12-31(34(4,44)15-13-29(41)14-21-39)46-32(42)37-19-17-36(5)18-20-37/h6,8-9,11-12,21,23,25,27-31,41,44H,7,10,13-20,22,24H2,1-5H3/b8-6+,12-11+,26-9+/t25-,27+,28-,29+,30-,31+,34+/m1/s1. The molecule has 2 rings (SSSR count). The van der Waals surface area contributed by atoms with Gasteiger partial charge in [-0.2, -0.15) is 0 Å². The van der Waals surface area contributed by atoms with Crippen molar-refractivity contribution in [2.75, 3.05) is 53.1 Å². The maximum Gasteiger partial charge on any atom is 0.410 e. The van der Waals surface area contributed by atoms with Crippen LogP contribution in [0.2, 0.25) is 0 Å². The molecule has 0 spiro atoms. The van der Waals surface area contributed by atoms with Crippen LogP contribution in [0.5, 0.6) is 0 Å². The lowest BCUT2D eigenvalue weighted by Gasteiger charge is -2.36. The van der Waals surface area contributed by atoms with Crippen LogP contribution in [-0.2, 0) is 19.1 Å². The number of halogens is 1. The van der Waals surface area contributed by atoms with E-state index in [9.17, 15) is 33.8 Å². The number of nitrogens with zero attached hydrogens (tertiary/aromatic N) is 3. The minimum Gasteiger partial charge on any atom is -0.449 e. The van der Waals surface area contributed by atoms with Gasteiger partial charge in [-0.05, 0) is 58.6 Å². The number of alkyl halides is 1. The molecule has 0 unspecified atom stereocenters. The van der Waals surface area contributed by atoms with E-state index >= 15 is 0 Å². The van der Waals surface area contributed by atoms with Gasteiger partial charge in [-0.25, -0.2) is 14.0 Å². The van der Waals surface area contributed by atoms with E-state index in [1.807, 2.05) is 40.0 Å². The average molecular weight is 652 g/mol. The van der Waals surface area contributed by atoms with E-state index in [0.29, 0.717) is 45.4 Å². The highest BCUT2D eigenvalue weighted by Crippen LogP contribution is 2.26. The molecule has 0 bridgehead atoms. The van der Waals surface area contributed by atoms with Crippen molar-refractivity contribution in [2.45, 2.75) is 83.6 Å². The Morgan fingerprint density at radius 3 is 2.39 bits per heavy atom. The zero-order valence-electron chi connectivity index (χ0n) is 28.1. The van der Waals surface area contributed by atoms with Crippen LogP contribution in [0.1, 0.15) is 59.8 Å². The first-order valence-electron chi connectivity index (χ1n) is 16.3. The van der Waals surface area contributed by atoms with E-state index in [1.165, 1.54) is 11.8 Å². The smallest absolute Gasteiger partial charge is 0.410 e. The molecular formula is C34H54FN3O8. The molecule has 0 aliphatic carbocycles. The van der Waals surface area contributed by atoms with Crippen LogP contribution in [0.3, 0.4) is 0 Å². The summed E-state index contributed by atoms with van der Waals surface area (Å²) in [6.07, 6.45) is 8.79. The van der Waals surface area contributed by atoms with Gasteiger partial charge in [0.15, 0.2) is 6.10 Å². The van der Waals surface area contributed by atoms with Gasteiger partial charge in [-0.15, -0.1) is 0 Å². The molecule has 2 aliphatic heterocycles. The summed E-state index contributed by atoms with van der Waals surface area (Å²) in [5.74, 6) is -0.921. The Balaban J connectivity index is 2.06. The van der Waals surface area contributed by atoms with Crippen molar-refractivity contribution in [3.8, 4) is 0 Å². The molecule has 2 amide bonds. The van der Waals surface area contributed by atoms with Crippen molar-refractivity contribution in [3.63, 3.8) is 0 Å². The summed E-state index contributed by atoms with van der Waals surface area (Å²) in [6, 6.07) is -0.410. The summed E-state index contributed by atoms with van der Waals surface area (Å²) >= 11 is 0. The van der Waals surface area contributed by atoms with E-state index in [-0.39, 0.29) is 37.7 Å². The molecule has 2 aliphatic rings. The second-order valence-corrected chi connectivity index (χ2v) is 12.9. The van der Waals surface area contributed by atoms with Gasteiger partial charge in [0.25, 0.3) is 0 Å². The van der Waals surface area contributed by atoms with Crippen LogP contribution in [0, 0.1) is 17.8 Å². The maximum absolute atomic E-state index is 13.1. The number of rotatable bonds is 17. The molecular weight excluding hydrogens is 597 g/mol. The van der Waals surface area contributed by atoms with E-state index in [4.69, 9.17) is 9.47 Å². The number of ether oxygens (including phenoxy) is 2.